The molecule has 0 radical (unpaired) electrons. The van der Waals surface area contributed by atoms with Crippen LogP contribution in [0.25, 0.3) is 0 Å². The molecule has 0 aliphatic rings. The first-order valence-corrected chi connectivity index (χ1v) is 17.2. The van der Waals surface area contributed by atoms with E-state index in [4.69, 9.17) is 10.5 Å². The van der Waals surface area contributed by atoms with E-state index < -0.39 is 28.1 Å². The standard InChI is InChI=1S/C35H46N4O7S/c1-25(2)24-39(47(44,45)31-18-14-28(36)15-19-31)29(23-34(41)42)11-7-8-20-37-35(43)32(21-26-9-5-4-6-10-26)38-33(40)22-27-12-16-30(46-3)17-13-27/h4-6,9-10,12-19,25,29,32H,7-8,11,20-24,36H2,1-3H3,(H,37,43)(H,38,40)(H,41,42)/t29-,32-/m0/s1. The highest BCUT2D eigenvalue weighted by Crippen LogP contribution is 2.25. The molecule has 0 aliphatic heterocycles. The molecule has 0 aliphatic carbocycles. The van der Waals surface area contributed by atoms with E-state index >= 15 is 0 Å². The number of carbonyl (C=O) groups excluding carboxylic acids is 2. The first-order valence-electron chi connectivity index (χ1n) is 15.7. The van der Waals surface area contributed by atoms with Crippen LogP contribution >= 0.6 is 0 Å². The van der Waals surface area contributed by atoms with E-state index in [1.165, 1.54) is 28.6 Å². The summed E-state index contributed by atoms with van der Waals surface area (Å²) >= 11 is 0. The number of sulfonamides is 1. The number of carboxylic acid groups (broad SMARTS) is 1. The zero-order valence-electron chi connectivity index (χ0n) is 27.2. The lowest BCUT2D eigenvalue weighted by molar-refractivity contribution is -0.138. The lowest BCUT2D eigenvalue weighted by Crippen LogP contribution is -2.48. The van der Waals surface area contributed by atoms with Gasteiger partial charge in [0.25, 0.3) is 0 Å². The van der Waals surface area contributed by atoms with Crippen LogP contribution < -0.4 is 21.1 Å². The first-order chi connectivity index (χ1) is 22.4. The third-order valence-electron chi connectivity index (χ3n) is 7.57. The number of rotatable bonds is 19. The molecule has 5 N–H and O–H groups in total. The van der Waals surface area contributed by atoms with Crippen molar-refractivity contribution in [2.45, 2.75) is 69.4 Å². The molecular weight excluding hydrogens is 620 g/mol. The van der Waals surface area contributed by atoms with Crippen molar-refractivity contribution >= 4 is 33.5 Å². The van der Waals surface area contributed by atoms with Crippen LogP contribution in [-0.2, 0) is 37.2 Å². The molecule has 3 aromatic carbocycles. The Morgan fingerprint density at radius 3 is 2.17 bits per heavy atom. The average molecular weight is 667 g/mol. The number of aliphatic carboxylic acids is 1. The smallest absolute Gasteiger partial charge is 0.304 e. The Hall–Kier alpha value is -4.42. The normalized spacial score (nSPS) is 12.8. The summed E-state index contributed by atoms with van der Waals surface area (Å²) in [6.07, 6.45) is 1.28. The number of unbranched alkanes of at least 4 members (excludes halogenated alkanes) is 1. The number of hydrogen-bond acceptors (Lipinski definition) is 7. The fourth-order valence-corrected chi connectivity index (χ4v) is 7.02. The van der Waals surface area contributed by atoms with Crippen LogP contribution in [0.4, 0.5) is 5.69 Å². The summed E-state index contributed by atoms with van der Waals surface area (Å²) < 4.78 is 33.7. The van der Waals surface area contributed by atoms with Gasteiger partial charge in [-0.05, 0) is 66.3 Å². The number of carbonyl (C=O) groups is 3. The highest BCUT2D eigenvalue weighted by molar-refractivity contribution is 7.89. The maximum absolute atomic E-state index is 13.6. The van der Waals surface area contributed by atoms with Crippen molar-refractivity contribution in [1.29, 1.82) is 0 Å². The van der Waals surface area contributed by atoms with Crippen molar-refractivity contribution in [3.05, 3.63) is 90.0 Å². The second-order valence-electron chi connectivity index (χ2n) is 11.9. The van der Waals surface area contributed by atoms with Gasteiger partial charge < -0.3 is 26.2 Å². The molecule has 11 nitrogen and oxygen atoms in total. The van der Waals surface area contributed by atoms with E-state index in [-0.39, 0.29) is 55.0 Å². The van der Waals surface area contributed by atoms with Gasteiger partial charge in [-0.2, -0.15) is 4.31 Å². The minimum absolute atomic E-state index is 0.0457. The zero-order chi connectivity index (χ0) is 34.4. The predicted molar refractivity (Wildman–Crippen MR) is 181 cm³/mol. The molecule has 47 heavy (non-hydrogen) atoms. The minimum atomic E-state index is -3.99. The number of benzene rings is 3. The van der Waals surface area contributed by atoms with Crippen molar-refractivity contribution in [3.63, 3.8) is 0 Å². The molecule has 254 valence electrons. The van der Waals surface area contributed by atoms with E-state index in [0.29, 0.717) is 30.7 Å². The highest BCUT2D eigenvalue weighted by atomic mass is 32.2. The van der Waals surface area contributed by atoms with E-state index in [1.54, 1.807) is 31.4 Å². The zero-order valence-corrected chi connectivity index (χ0v) is 28.0. The Morgan fingerprint density at radius 1 is 0.915 bits per heavy atom. The van der Waals surface area contributed by atoms with Crippen LogP contribution in [0.3, 0.4) is 0 Å². The molecular formula is C35H46N4O7S. The van der Waals surface area contributed by atoms with Crippen LogP contribution in [0.2, 0.25) is 0 Å². The molecule has 12 heteroatoms. The number of ether oxygens (including phenoxy) is 1. The van der Waals surface area contributed by atoms with E-state index in [0.717, 1.165) is 11.1 Å². The molecule has 0 heterocycles. The van der Waals surface area contributed by atoms with Crippen molar-refractivity contribution in [2.75, 3.05) is 25.9 Å². The molecule has 2 amide bonds. The second kappa shape index (κ2) is 18.1. The van der Waals surface area contributed by atoms with Crippen LogP contribution in [-0.4, -0.2) is 67.9 Å². The molecule has 0 unspecified atom stereocenters. The van der Waals surface area contributed by atoms with E-state index in [9.17, 15) is 27.9 Å². The summed E-state index contributed by atoms with van der Waals surface area (Å²) in [4.78, 5) is 38.1. The Morgan fingerprint density at radius 2 is 1.57 bits per heavy atom. The summed E-state index contributed by atoms with van der Waals surface area (Å²) in [5, 5.41) is 15.4. The Bertz CT molecular complexity index is 1550. The number of amides is 2. The van der Waals surface area contributed by atoms with Gasteiger partial charge in [-0.15, -0.1) is 0 Å². The van der Waals surface area contributed by atoms with Gasteiger partial charge in [-0.3, -0.25) is 14.4 Å². The second-order valence-corrected chi connectivity index (χ2v) is 13.8. The van der Waals surface area contributed by atoms with Crippen molar-refractivity contribution in [2.24, 2.45) is 5.92 Å². The van der Waals surface area contributed by atoms with E-state index in [1.807, 2.05) is 44.2 Å². The number of hydrogen-bond donors (Lipinski definition) is 4. The van der Waals surface area contributed by atoms with Gasteiger partial charge in [-0.1, -0.05) is 62.7 Å². The molecule has 3 aromatic rings. The van der Waals surface area contributed by atoms with Gasteiger partial charge in [0.05, 0.1) is 24.8 Å². The molecule has 0 fully saturated rings. The molecule has 0 saturated carbocycles. The maximum Gasteiger partial charge on any atom is 0.304 e. The van der Waals surface area contributed by atoms with Gasteiger partial charge in [0.2, 0.25) is 21.8 Å². The van der Waals surface area contributed by atoms with Gasteiger partial charge in [0.15, 0.2) is 0 Å². The van der Waals surface area contributed by atoms with Gasteiger partial charge in [0.1, 0.15) is 11.8 Å². The molecule has 0 saturated heterocycles. The quantitative estimate of drug-likeness (QED) is 0.110. The lowest BCUT2D eigenvalue weighted by atomic mass is 10.0. The van der Waals surface area contributed by atoms with Gasteiger partial charge in [0, 0.05) is 31.2 Å². The molecule has 3 rings (SSSR count). The van der Waals surface area contributed by atoms with Crippen LogP contribution in [0.5, 0.6) is 5.75 Å². The van der Waals surface area contributed by atoms with Crippen LogP contribution in [0, 0.1) is 5.92 Å². The monoisotopic (exact) mass is 666 g/mol. The molecule has 0 aromatic heterocycles. The highest BCUT2D eigenvalue weighted by Gasteiger charge is 2.33. The summed E-state index contributed by atoms with van der Waals surface area (Å²) in [5.41, 5.74) is 7.84. The number of nitrogens with one attached hydrogen (secondary N) is 2. The number of carboxylic acids is 1. The molecule has 2 atom stereocenters. The van der Waals surface area contributed by atoms with Crippen LogP contribution in [0.1, 0.15) is 50.7 Å². The third-order valence-corrected chi connectivity index (χ3v) is 9.50. The van der Waals surface area contributed by atoms with Crippen LogP contribution in [0.15, 0.2) is 83.8 Å². The number of methoxy groups -OCH3 is 1. The number of nitrogens with two attached hydrogens (primary N) is 1. The molecule has 0 bridgehead atoms. The Kier molecular flexibility index (Phi) is 14.2. The lowest BCUT2D eigenvalue weighted by Gasteiger charge is -2.31. The number of anilines is 1. The Balaban J connectivity index is 1.63. The van der Waals surface area contributed by atoms with Crippen molar-refractivity contribution in [1.82, 2.24) is 14.9 Å². The maximum atomic E-state index is 13.6. The van der Waals surface area contributed by atoms with Gasteiger partial charge in [-0.25, -0.2) is 8.42 Å². The first kappa shape index (κ1) is 37.0. The summed E-state index contributed by atoms with van der Waals surface area (Å²) in [6.45, 7) is 4.17. The SMILES string of the molecule is COc1ccc(CC(=O)N[C@@H](Cc2ccccc2)C(=O)NCCCC[C@@H](CC(=O)O)N(CC(C)C)S(=O)(=O)c2ccc(N)cc2)cc1. The van der Waals surface area contributed by atoms with Crippen molar-refractivity contribution < 1.29 is 32.6 Å². The Labute approximate surface area is 277 Å². The summed E-state index contributed by atoms with van der Waals surface area (Å²) in [7, 11) is -2.43. The number of nitrogen functional groups attached to an aromatic ring is 1. The molecule has 0 spiro atoms. The minimum Gasteiger partial charge on any atom is -0.497 e. The largest absolute Gasteiger partial charge is 0.497 e. The van der Waals surface area contributed by atoms with Gasteiger partial charge >= 0.3 is 5.97 Å². The van der Waals surface area contributed by atoms with E-state index in [2.05, 4.69) is 10.6 Å². The topological polar surface area (TPSA) is 168 Å². The van der Waals surface area contributed by atoms with Crippen molar-refractivity contribution in [3.8, 4) is 5.75 Å². The summed E-state index contributed by atoms with van der Waals surface area (Å²) in [6, 6.07) is 20.8. The average Bonchev–Trinajstić information content (AvgIpc) is 3.03. The predicted octanol–water partition coefficient (Wildman–Crippen LogP) is 4.02. The third kappa shape index (κ3) is 12.0. The summed E-state index contributed by atoms with van der Waals surface area (Å²) in [5.74, 6) is -1.10. The fourth-order valence-electron chi connectivity index (χ4n) is 5.20. The number of nitrogens with zero attached hydrogens (tertiary/aromatic N) is 1. The fraction of sp³-hybridized carbons (Fsp3) is 0.400.